The number of halogens is 1. The number of aryl methyl sites for hydroxylation is 1. The zero-order valence-electron chi connectivity index (χ0n) is 44.1. The van der Waals surface area contributed by atoms with Crippen molar-refractivity contribution in [2.45, 2.75) is 97.7 Å². The highest BCUT2D eigenvalue weighted by Gasteiger charge is 2.42. The van der Waals surface area contributed by atoms with Gasteiger partial charge in [0.15, 0.2) is 5.82 Å². The highest BCUT2D eigenvalue weighted by molar-refractivity contribution is 7.13. The van der Waals surface area contributed by atoms with Crippen LogP contribution >= 0.6 is 11.3 Å². The van der Waals surface area contributed by atoms with Crippen LogP contribution in [-0.2, 0) is 19.1 Å². The largest absolute Gasteiger partial charge is 0.508 e. The summed E-state index contributed by atoms with van der Waals surface area (Å²) in [7, 11) is 0. The number of thiazole rings is 1. The van der Waals surface area contributed by atoms with Crippen LogP contribution in [0.15, 0.2) is 66.3 Å². The van der Waals surface area contributed by atoms with E-state index >= 15 is 4.39 Å². The number of hydrogen-bond acceptors (Lipinski definition) is 13. The van der Waals surface area contributed by atoms with Crippen LogP contribution in [0.2, 0.25) is 0 Å². The average molecular weight is 1050 g/mol. The van der Waals surface area contributed by atoms with Gasteiger partial charge in [0.25, 0.3) is 0 Å². The highest BCUT2D eigenvalue weighted by atomic mass is 32.1. The topological polar surface area (TPSA) is 175 Å². The summed E-state index contributed by atoms with van der Waals surface area (Å²) in [5, 5.41) is 18.6. The van der Waals surface area contributed by atoms with Crippen molar-refractivity contribution >= 4 is 56.6 Å². The molecule has 3 amide bonds. The maximum Gasteiger partial charge on any atom is 0.319 e. The fraction of sp³-hybridized carbons (Fsp3) is 0.475. The van der Waals surface area contributed by atoms with Gasteiger partial charge in [-0.25, -0.2) is 9.37 Å². The van der Waals surface area contributed by atoms with E-state index in [-0.39, 0.29) is 59.3 Å². The second-order valence-electron chi connectivity index (χ2n) is 22.3. The van der Waals surface area contributed by atoms with Crippen molar-refractivity contribution in [1.82, 2.24) is 40.4 Å². The second-order valence-corrected chi connectivity index (χ2v) is 23.2. The highest BCUT2D eigenvalue weighted by Crippen LogP contribution is 2.42. The number of aromatic nitrogens is 4. The van der Waals surface area contributed by atoms with Crippen LogP contribution in [-0.4, -0.2) is 124 Å². The zero-order valence-corrected chi connectivity index (χ0v) is 44.9. The summed E-state index contributed by atoms with van der Waals surface area (Å²) in [5.41, 5.74) is 5.31. The molecule has 4 aliphatic rings. The van der Waals surface area contributed by atoms with Crippen molar-refractivity contribution in [2.24, 2.45) is 23.2 Å². The van der Waals surface area contributed by atoms with E-state index in [2.05, 4.69) is 41.3 Å². The molecule has 1 aliphatic carbocycles. The number of fused-ring (bicyclic) bond motifs is 4. The van der Waals surface area contributed by atoms with E-state index in [9.17, 15) is 19.5 Å². The number of phenols is 1. The SMILES string of the molecule is C#Cc1cccc2cc(O)cc(-c3ncc4c(N5CC6CCC(C6)C5)nc(OCCN5CCC(COCC(=O)NC(C(=O)N6CCCC6C(=O)NC(C)c6ccc(-c7scnc7C)cc6)C(C)(C)C)CC5)nc4c3F)c12. The van der Waals surface area contributed by atoms with Gasteiger partial charge in [-0.3, -0.25) is 24.3 Å². The van der Waals surface area contributed by atoms with Crippen molar-refractivity contribution in [1.29, 1.82) is 0 Å². The third-order valence-electron chi connectivity index (χ3n) is 15.9. The first-order valence-electron chi connectivity index (χ1n) is 26.8. The zero-order chi connectivity index (χ0) is 53.3. The first kappa shape index (κ1) is 52.7. The van der Waals surface area contributed by atoms with Crippen molar-refractivity contribution < 1.29 is 33.4 Å². The van der Waals surface area contributed by atoms with Gasteiger partial charge >= 0.3 is 6.01 Å². The third-order valence-corrected chi connectivity index (χ3v) is 16.9. The van der Waals surface area contributed by atoms with Gasteiger partial charge in [-0.15, -0.1) is 17.8 Å². The van der Waals surface area contributed by atoms with E-state index in [1.807, 2.05) is 70.5 Å². The van der Waals surface area contributed by atoms with Gasteiger partial charge in [-0.05, 0) is 130 Å². The lowest BCUT2D eigenvalue weighted by Gasteiger charge is -2.35. The normalized spacial score (nSPS) is 19.9. The number of anilines is 1. The minimum atomic E-state index is -0.851. The number of hydrogen-bond donors (Lipinski definition) is 3. The summed E-state index contributed by atoms with van der Waals surface area (Å²) in [5.74, 6) is 3.13. The summed E-state index contributed by atoms with van der Waals surface area (Å²) in [6.45, 7) is 14.5. The predicted molar refractivity (Wildman–Crippen MR) is 293 cm³/mol. The van der Waals surface area contributed by atoms with Crippen molar-refractivity contribution in [3.8, 4) is 45.8 Å². The molecular weight excluding hydrogens is 982 g/mol. The van der Waals surface area contributed by atoms with Crippen LogP contribution < -0.4 is 20.3 Å². The first-order valence-corrected chi connectivity index (χ1v) is 27.7. The van der Waals surface area contributed by atoms with Crippen molar-refractivity contribution in [2.75, 3.05) is 64.0 Å². The van der Waals surface area contributed by atoms with E-state index < -0.39 is 23.3 Å². The van der Waals surface area contributed by atoms with Gasteiger partial charge < -0.3 is 35.0 Å². The Morgan fingerprint density at radius 3 is 2.45 bits per heavy atom. The van der Waals surface area contributed by atoms with Gasteiger partial charge in [0.2, 0.25) is 17.7 Å². The Morgan fingerprint density at radius 2 is 1.74 bits per heavy atom. The summed E-state index contributed by atoms with van der Waals surface area (Å²) < 4.78 is 29.3. The second kappa shape index (κ2) is 22.5. The molecule has 0 radical (unpaired) electrons. The Bertz CT molecular complexity index is 3150. The minimum absolute atomic E-state index is 0.0305. The molecule has 0 spiro atoms. The molecule has 15 nitrogen and oxygen atoms in total. The number of likely N-dealkylation sites (tertiary alicyclic amines) is 2. The molecule has 1 saturated carbocycles. The molecule has 6 heterocycles. The van der Waals surface area contributed by atoms with E-state index in [4.69, 9.17) is 20.9 Å². The lowest BCUT2D eigenvalue weighted by atomic mass is 9.85. The molecule has 398 valence electrons. The van der Waals surface area contributed by atoms with Crippen LogP contribution in [0, 0.1) is 48.3 Å². The number of ether oxygens (including phenoxy) is 2. The lowest BCUT2D eigenvalue weighted by molar-refractivity contribution is -0.144. The van der Waals surface area contributed by atoms with Crippen molar-refractivity contribution in [3.63, 3.8) is 0 Å². The smallest absolute Gasteiger partial charge is 0.319 e. The Morgan fingerprint density at radius 1 is 0.974 bits per heavy atom. The number of aromatic hydroxyl groups is 1. The number of nitrogens with one attached hydrogen (secondary N) is 2. The maximum atomic E-state index is 17.0. The number of piperidine rings is 2. The Labute approximate surface area is 448 Å². The van der Waals surface area contributed by atoms with Crippen LogP contribution in [0.5, 0.6) is 11.8 Å². The maximum absolute atomic E-state index is 17.0. The summed E-state index contributed by atoms with van der Waals surface area (Å²) in [6, 6.07) is 15.0. The molecular formula is C59H68FN9O6S. The molecule has 3 aromatic heterocycles. The summed E-state index contributed by atoms with van der Waals surface area (Å²) in [4.78, 5) is 67.2. The van der Waals surface area contributed by atoms with Crippen LogP contribution in [0.3, 0.4) is 0 Å². The van der Waals surface area contributed by atoms with E-state index in [0.29, 0.717) is 84.1 Å². The molecule has 2 bridgehead atoms. The number of pyridine rings is 1. The van der Waals surface area contributed by atoms with E-state index in [1.54, 1.807) is 40.6 Å². The monoisotopic (exact) mass is 1050 g/mol. The molecule has 3 aromatic carbocycles. The average Bonchev–Trinajstić information content (AvgIpc) is 4.18. The number of carbonyl (C=O) groups excluding carboxylic acids is 3. The van der Waals surface area contributed by atoms with Crippen LogP contribution in [0.1, 0.15) is 95.5 Å². The first-order chi connectivity index (χ1) is 36.6. The van der Waals surface area contributed by atoms with Gasteiger partial charge in [-0.2, -0.15) is 9.97 Å². The standard InChI is InChI=1S/C59H68FN9O6S/c1-7-40-10-8-11-43-27-44(70)28-45(49(40)43)51-50(60)52-46(29-61-51)55(68-30-38-13-14-39(26-38)31-68)66-58(65-52)75-25-24-67-22-19-37(20-23-67)32-74-33-48(71)64-54(59(4,5)6)57(73)69-21-9-12-47(69)56(72)63-35(2)41-15-17-42(18-16-41)53-36(3)62-34-76-53/h1,8,10-11,15-18,27-29,34-35,37-39,47,54,70H,9,12-14,19-26,30-33H2,2-6H3,(H,63,72)(H,64,71). The Hall–Kier alpha value is -6.74. The molecule has 3 N–H and O–H groups in total. The number of carbonyl (C=O) groups is 3. The number of amides is 3. The fourth-order valence-corrected chi connectivity index (χ4v) is 12.6. The van der Waals surface area contributed by atoms with Crippen LogP contribution in [0.4, 0.5) is 10.2 Å². The quantitative estimate of drug-likeness (QED) is 0.0787. The van der Waals surface area contributed by atoms with Gasteiger partial charge in [0.05, 0.1) is 34.1 Å². The Balaban J connectivity index is 0.718. The van der Waals surface area contributed by atoms with E-state index in [1.165, 1.54) is 25.3 Å². The lowest BCUT2D eigenvalue weighted by Crippen LogP contribution is -2.58. The fourth-order valence-electron chi connectivity index (χ4n) is 11.8. The minimum Gasteiger partial charge on any atom is -0.508 e. The van der Waals surface area contributed by atoms with Gasteiger partial charge in [0.1, 0.15) is 48.1 Å². The molecule has 76 heavy (non-hydrogen) atoms. The van der Waals surface area contributed by atoms with Crippen molar-refractivity contribution in [3.05, 3.63) is 88.9 Å². The molecule has 5 unspecified atom stereocenters. The molecule has 3 saturated heterocycles. The number of rotatable bonds is 16. The Kier molecular flexibility index (Phi) is 15.6. The molecule has 4 fully saturated rings. The number of nitrogens with zero attached hydrogens (tertiary/aromatic N) is 7. The number of terminal acetylenes is 1. The summed E-state index contributed by atoms with van der Waals surface area (Å²) >= 11 is 1.60. The molecule has 5 atom stereocenters. The molecule has 10 rings (SSSR count). The van der Waals surface area contributed by atoms with E-state index in [0.717, 1.165) is 60.7 Å². The van der Waals surface area contributed by atoms with Gasteiger partial charge in [-0.1, -0.05) is 63.1 Å². The molecule has 3 aliphatic heterocycles. The molecule has 17 heteroatoms. The number of benzene rings is 3. The third kappa shape index (κ3) is 11.4. The van der Waals surface area contributed by atoms with Crippen LogP contribution in [0.25, 0.3) is 43.4 Å². The number of phenolic OH excluding ortho intramolecular Hbond substituents is 1. The molecule has 6 aromatic rings. The van der Waals surface area contributed by atoms with Gasteiger partial charge in [0, 0.05) is 48.9 Å². The summed E-state index contributed by atoms with van der Waals surface area (Å²) in [6.07, 6.45) is 14.0. The predicted octanol–water partition coefficient (Wildman–Crippen LogP) is 8.85.